The summed E-state index contributed by atoms with van der Waals surface area (Å²) < 4.78 is 28.0. The van der Waals surface area contributed by atoms with Gasteiger partial charge in [-0.25, -0.2) is 13.1 Å². The lowest BCUT2D eigenvalue weighted by Crippen LogP contribution is -2.47. The average molecular weight is 312 g/mol. The monoisotopic (exact) mass is 312 g/mol. The maximum Gasteiger partial charge on any atom is 0.241 e. The van der Waals surface area contributed by atoms with Crippen molar-refractivity contribution in [3.8, 4) is 0 Å². The summed E-state index contributed by atoms with van der Waals surface area (Å²) in [6.45, 7) is 0. The molecule has 2 bridgehead atoms. The van der Waals surface area contributed by atoms with Crippen LogP contribution in [0.5, 0.6) is 0 Å². The lowest BCUT2D eigenvalue weighted by atomic mass is 10.0. The highest BCUT2D eigenvalue weighted by molar-refractivity contribution is 7.99. The maximum absolute atomic E-state index is 12.6. The van der Waals surface area contributed by atoms with Gasteiger partial charge >= 0.3 is 0 Å². The first kappa shape index (κ1) is 14.4. The van der Waals surface area contributed by atoms with Crippen LogP contribution in [0.3, 0.4) is 0 Å². The molecule has 110 valence electrons. The van der Waals surface area contributed by atoms with Crippen molar-refractivity contribution in [1.29, 1.82) is 0 Å². The largest absolute Gasteiger partial charge is 0.311 e. The van der Waals surface area contributed by atoms with Gasteiger partial charge in [-0.15, -0.1) is 11.8 Å². The third kappa shape index (κ3) is 2.88. The van der Waals surface area contributed by atoms with Gasteiger partial charge in [0.15, 0.2) is 0 Å². The summed E-state index contributed by atoms with van der Waals surface area (Å²) in [5.41, 5.74) is 0. The Morgan fingerprint density at radius 2 is 1.85 bits per heavy atom. The van der Waals surface area contributed by atoms with Crippen LogP contribution >= 0.6 is 11.8 Å². The third-order valence-corrected chi connectivity index (χ3v) is 6.66. The normalized spacial score (nSPS) is 29.6. The van der Waals surface area contributed by atoms with Gasteiger partial charge in [-0.2, -0.15) is 0 Å². The molecule has 0 saturated carbocycles. The number of hydrogen-bond donors (Lipinski definition) is 2. The topological polar surface area (TPSA) is 58.2 Å². The highest BCUT2D eigenvalue weighted by atomic mass is 32.2. The van der Waals surface area contributed by atoms with Crippen molar-refractivity contribution in [2.75, 3.05) is 6.26 Å². The van der Waals surface area contributed by atoms with Crippen molar-refractivity contribution < 1.29 is 8.42 Å². The summed E-state index contributed by atoms with van der Waals surface area (Å²) in [5, 5.41) is 3.53. The number of piperidine rings is 1. The van der Waals surface area contributed by atoms with Crippen molar-refractivity contribution in [2.45, 2.75) is 53.6 Å². The molecule has 0 radical (unpaired) electrons. The smallest absolute Gasteiger partial charge is 0.241 e. The number of nitrogens with one attached hydrogen (secondary N) is 2. The Morgan fingerprint density at radius 1 is 1.20 bits per heavy atom. The number of thioether (sulfide) groups is 1. The van der Waals surface area contributed by atoms with E-state index in [0.717, 1.165) is 17.7 Å². The Labute approximate surface area is 124 Å². The number of fused-ring (bicyclic) bond motifs is 2. The van der Waals surface area contributed by atoms with Crippen LogP contribution in [0.1, 0.15) is 25.7 Å². The summed E-state index contributed by atoms with van der Waals surface area (Å²) in [6.07, 6.45) is 6.04. The van der Waals surface area contributed by atoms with Crippen molar-refractivity contribution >= 4 is 21.8 Å². The molecular weight excluding hydrogens is 292 g/mol. The van der Waals surface area contributed by atoms with Crippen molar-refractivity contribution in [2.24, 2.45) is 0 Å². The van der Waals surface area contributed by atoms with Crippen LogP contribution in [0.4, 0.5) is 0 Å². The van der Waals surface area contributed by atoms with Gasteiger partial charge in [-0.1, -0.05) is 12.1 Å². The quantitative estimate of drug-likeness (QED) is 0.835. The van der Waals surface area contributed by atoms with Crippen molar-refractivity contribution in [1.82, 2.24) is 10.0 Å². The molecule has 2 aliphatic rings. The lowest BCUT2D eigenvalue weighted by molar-refractivity contribution is 0.345. The van der Waals surface area contributed by atoms with Crippen LogP contribution in [-0.4, -0.2) is 32.8 Å². The predicted molar refractivity (Wildman–Crippen MR) is 81.5 cm³/mol. The molecule has 2 atom stereocenters. The van der Waals surface area contributed by atoms with Crippen LogP contribution in [0.25, 0.3) is 0 Å². The Bertz CT molecular complexity index is 577. The molecule has 2 unspecified atom stereocenters. The SMILES string of the molecule is CSc1ccccc1S(=O)(=O)NC1CC2CCC(C1)N2. The fourth-order valence-electron chi connectivity index (χ4n) is 3.28. The van der Waals surface area contributed by atoms with Gasteiger partial charge in [0.05, 0.1) is 4.90 Å². The van der Waals surface area contributed by atoms with E-state index in [1.165, 1.54) is 24.6 Å². The van der Waals surface area contributed by atoms with E-state index in [1.54, 1.807) is 12.1 Å². The van der Waals surface area contributed by atoms with Gasteiger partial charge in [0.1, 0.15) is 0 Å². The Hall–Kier alpha value is -0.560. The lowest BCUT2D eigenvalue weighted by Gasteiger charge is -2.29. The van der Waals surface area contributed by atoms with Gasteiger partial charge in [-0.3, -0.25) is 0 Å². The highest BCUT2D eigenvalue weighted by Crippen LogP contribution is 2.29. The van der Waals surface area contributed by atoms with E-state index >= 15 is 0 Å². The fourth-order valence-corrected chi connectivity index (χ4v) is 5.69. The first-order valence-electron chi connectivity index (χ1n) is 7.00. The zero-order chi connectivity index (χ0) is 14.2. The molecule has 2 heterocycles. The van der Waals surface area contributed by atoms with Crippen LogP contribution in [0.15, 0.2) is 34.1 Å². The minimum atomic E-state index is -3.42. The summed E-state index contributed by atoms with van der Waals surface area (Å²) in [4.78, 5) is 1.20. The summed E-state index contributed by atoms with van der Waals surface area (Å²) in [5.74, 6) is 0. The van der Waals surface area contributed by atoms with Gasteiger partial charge < -0.3 is 5.32 Å². The molecule has 2 N–H and O–H groups in total. The third-order valence-electron chi connectivity index (χ3n) is 4.15. The second-order valence-corrected chi connectivity index (χ2v) is 8.11. The molecule has 6 heteroatoms. The van der Waals surface area contributed by atoms with E-state index < -0.39 is 10.0 Å². The molecule has 1 aromatic rings. The van der Waals surface area contributed by atoms with Crippen molar-refractivity contribution in [3.05, 3.63) is 24.3 Å². The van der Waals surface area contributed by atoms with Crippen LogP contribution < -0.4 is 10.0 Å². The predicted octanol–water partition coefficient (Wildman–Crippen LogP) is 1.97. The van der Waals surface area contributed by atoms with Gasteiger partial charge in [0.2, 0.25) is 10.0 Å². The fraction of sp³-hybridized carbons (Fsp3) is 0.571. The number of benzene rings is 1. The molecule has 2 fully saturated rings. The zero-order valence-electron chi connectivity index (χ0n) is 11.5. The number of rotatable bonds is 4. The first-order chi connectivity index (χ1) is 9.58. The standard InChI is InChI=1S/C14H20N2O2S2/c1-19-13-4-2-3-5-14(13)20(17,18)16-12-8-10-6-7-11(9-12)15-10/h2-5,10-12,15-16H,6-9H2,1H3. The number of sulfonamides is 1. The molecule has 0 aromatic heterocycles. The summed E-state index contributed by atoms with van der Waals surface area (Å²) >= 11 is 1.47. The summed E-state index contributed by atoms with van der Waals surface area (Å²) in [7, 11) is -3.42. The number of hydrogen-bond acceptors (Lipinski definition) is 4. The van der Waals surface area contributed by atoms with E-state index in [2.05, 4.69) is 10.0 Å². The average Bonchev–Trinajstić information content (AvgIpc) is 2.77. The van der Waals surface area contributed by atoms with Gasteiger partial charge in [0, 0.05) is 23.0 Å². The Kier molecular flexibility index (Phi) is 4.08. The van der Waals surface area contributed by atoms with E-state index in [-0.39, 0.29) is 6.04 Å². The molecule has 3 rings (SSSR count). The van der Waals surface area contributed by atoms with Gasteiger partial charge in [0.25, 0.3) is 0 Å². The van der Waals surface area contributed by atoms with Crippen molar-refractivity contribution in [3.63, 3.8) is 0 Å². The van der Waals surface area contributed by atoms with E-state index in [4.69, 9.17) is 0 Å². The Morgan fingerprint density at radius 3 is 2.50 bits per heavy atom. The van der Waals surface area contributed by atoms with E-state index in [0.29, 0.717) is 17.0 Å². The Balaban J connectivity index is 1.78. The molecule has 4 nitrogen and oxygen atoms in total. The molecule has 0 aliphatic carbocycles. The summed E-state index contributed by atoms with van der Waals surface area (Å²) in [6, 6.07) is 8.22. The zero-order valence-corrected chi connectivity index (χ0v) is 13.1. The van der Waals surface area contributed by atoms with E-state index in [9.17, 15) is 8.42 Å². The molecule has 0 amide bonds. The maximum atomic E-state index is 12.6. The second kappa shape index (κ2) is 5.67. The minimum absolute atomic E-state index is 0.0636. The molecule has 0 spiro atoms. The first-order valence-corrected chi connectivity index (χ1v) is 9.70. The molecule has 1 aromatic carbocycles. The van der Waals surface area contributed by atoms with Crippen LogP contribution in [0.2, 0.25) is 0 Å². The molecule has 2 saturated heterocycles. The van der Waals surface area contributed by atoms with Crippen LogP contribution in [0, 0.1) is 0 Å². The minimum Gasteiger partial charge on any atom is -0.311 e. The highest BCUT2D eigenvalue weighted by Gasteiger charge is 2.35. The van der Waals surface area contributed by atoms with Crippen LogP contribution in [-0.2, 0) is 10.0 Å². The molecular formula is C14H20N2O2S2. The van der Waals surface area contributed by atoms with E-state index in [1.807, 2.05) is 18.4 Å². The van der Waals surface area contributed by atoms with Gasteiger partial charge in [-0.05, 0) is 44.1 Å². The second-order valence-electron chi connectivity index (χ2n) is 5.58. The molecule has 2 aliphatic heterocycles. The molecule has 20 heavy (non-hydrogen) atoms.